The molecule has 0 aromatic heterocycles. The first-order valence-electron chi connectivity index (χ1n) is 6.41. The molecule has 0 aliphatic heterocycles. The van der Waals surface area contributed by atoms with Gasteiger partial charge in [-0.2, -0.15) is 0 Å². The summed E-state index contributed by atoms with van der Waals surface area (Å²) >= 11 is 3.44. The topological polar surface area (TPSA) is 33.6 Å². The highest BCUT2D eigenvalue weighted by molar-refractivity contribution is 9.10. The van der Waals surface area contributed by atoms with Gasteiger partial charge in [0, 0.05) is 22.9 Å². The number of hydrogen-bond donors (Lipinski definition) is 1. The van der Waals surface area contributed by atoms with E-state index in [1.807, 2.05) is 54.7 Å². The highest BCUT2D eigenvalue weighted by Gasteiger charge is 1.93. The third kappa shape index (κ3) is 4.70. The average molecular weight is 333 g/mol. The summed E-state index contributed by atoms with van der Waals surface area (Å²) in [6.07, 6.45) is 1.89. The first-order chi connectivity index (χ1) is 9.78. The maximum Gasteiger partial charge on any atom is 0.119 e. The van der Waals surface area contributed by atoms with Crippen LogP contribution < -0.4 is 10.1 Å². The lowest BCUT2D eigenvalue weighted by Crippen LogP contribution is -2.04. The largest absolute Gasteiger partial charge is 0.497 e. The Morgan fingerprint density at radius 2 is 2.00 bits per heavy atom. The summed E-state index contributed by atoms with van der Waals surface area (Å²) in [5, 5.41) is 3.32. The molecule has 0 atom stereocenters. The van der Waals surface area contributed by atoms with Crippen molar-refractivity contribution in [2.24, 2.45) is 4.99 Å². The van der Waals surface area contributed by atoms with Crippen molar-refractivity contribution in [3.8, 4) is 5.75 Å². The molecule has 0 aliphatic carbocycles. The number of rotatable bonds is 6. The van der Waals surface area contributed by atoms with Gasteiger partial charge < -0.3 is 10.1 Å². The number of halogens is 1. The van der Waals surface area contributed by atoms with Crippen molar-refractivity contribution in [1.82, 2.24) is 0 Å². The van der Waals surface area contributed by atoms with Gasteiger partial charge in [-0.05, 0) is 42.0 Å². The molecular formula is C16H17BrN2O. The second-order valence-corrected chi connectivity index (χ2v) is 5.16. The molecule has 0 bridgehead atoms. The summed E-state index contributed by atoms with van der Waals surface area (Å²) in [6.45, 7) is 1.54. The highest BCUT2D eigenvalue weighted by atomic mass is 79.9. The number of benzene rings is 2. The zero-order chi connectivity index (χ0) is 14.2. The van der Waals surface area contributed by atoms with E-state index < -0.39 is 0 Å². The van der Waals surface area contributed by atoms with Crippen LogP contribution in [0.25, 0.3) is 0 Å². The monoisotopic (exact) mass is 332 g/mol. The van der Waals surface area contributed by atoms with Crippen molar-refractivity contribution >= 4 is 27.8 Å². The van der Waals surface area contributed by atoms with Crippen molar-refractivity contribution in [3.05, 3.63) is 58.6 Å². The zero-order valence-electron chi connectivity index (χ0n) is 11.3. The van der Waals surface area contributed by atoms with Gasteiger partial charge in [-0.3, -0.25) is 4.99 Å². The smallest absolute Gasteiger partial charge is 0.119 e. The van der Waals surface area contributed by atoms with Crippen LogP contribution in [-0.2, 0) is 0 Å². The molecule has 4 heteroatoms. The Morgan fingerprint density at radius 1 is 1.20 bits per heavy atom. The predicted octanol–water partition coefficient (Wildman–Crippen LogP) is 3.99. The van der Waals surface area contributed by atoms with Crippen molar-refractivity contribution in [1.29, 1.82) is 0 Å². The number of ether oxygens (including phenoxy) is 1. The molecule has 0 fully saturated rings. The van der Waals surface area contributed by atoms with E-state index in [9.17, 15) is 0 Å². The van der Waals surface area contributed by atoms with E-state index in [0.717, 1.165) is 34.6 Å². The number of aliphatic imine (C=N–C) groups is 1. The minimum absolute atomic E-state index is 0.735. The van der Waals surface area contributed by atoms with Gasteiger partial charge in [-0.1, -0.05) is 28.1 Å². The lowest BCUT2D eigenvalue weighted by Gasteiger charge is -2.05. The summed E-state index contributed by atoms with van der Waals surface area (Å²) in [6, 6.07) is 15.9. The molecule has 20 heavy (non-hydrogen) atoms. The predicted molar refractivity (Wildman–Crippen MR) is 88.1 cm³/mol. The minimum atomic E-state index is 0.735. The third-order valence-corrected chi connectivity index (χ3v) is 3.24. The number of nitrogens with one attached hydrogen (secondary N) is 1. The Kier molecular flexibility index (Phi) is 5.62. The van der Waals surface area contributed by atoms with Crippen molar-refractivity contribution in [2.45, 2.75) is 0 Å². The molecule has 104 valence electrons. The highest BCUT2D eigenvalue weighted by Crippen LogP contribution is 2.14. The maximum absolute atomic E-state index is 5.12. The molecule has 0 saturated carbocycles. The molecule has 0 unspecified atom stereocenters. The quantitative estimate of drug-likeness (QED) is 0.641. The SMILES string of the molecule is COc1ccc(NCCN=Cc2cccc(Br)c2)cc1. The van der Waals surface area contributed by atoms with E-state index in [1.54, 1.807) is 7.11 Å². The lowest BCUT2D eigenvalue weighted by molar-refractivity contribution is 0.415. The van der Waals surface area contributed by atoms with Gasteiger partial charge in [0.05, 0.1) is 13.7 Å². The number of nitrogens with zero attached hydrogens (tertiary/aromatic N) is 1. The number of methoxy groups -OCH3 is 1. The molecular weight excluding hydrogens is 316 g/mol. The molecule has 0 radical (unpaired) electrons. The van der Waals surface area contributed by atoms with Crippen molar-refractivity contribution in [3.63, 3.8) is 0 Å². The van der Waals surface area contributed by atoms with E-state index in [-0.39, 0.29) is 0 Å². The molecule has 0 spiro atoms. The molecule has 3 nitrogen and oxygen atoms in total. The van der Waals surface area contributed by atoms with Gasteiger partial charge >= 0.3 is 0 Å². The fourth-order valence-electron chi connectivity index (χ4n) is 1.73. The van der Waals surface area contributed by atoms with Gasteiger partial charge in [0.15, 0.2) is 0 Å². The van der Waals surface area contributed by atoms with Crippen LogP contribution in [0.3, 0.4) is 0 Å². The first kappa shape index (κ1) is 14.6. The molecule has 1 N–H and O–H groups in total. The van der Waals surface area contributed by atoms with Gasteiger partial charge in [-0.25, -0.2) is 0 Å². The molecule has 0 aliphatic rings. The molecule has 2 aromatic carbocycles. The summed E-state index contributed by atoms with van der Waals surface area (Å²) in [7, 11) is 1.67. The van der Waals surface area contributed by atoms with Gasteiger partial charge in [0.2, 0.25) is 0 Å². The van der Waals surface area contributed by atoms with Crippen LogP contribution in [0.1, 0.15) is 5.56 Å². The van der Waals surface area contributed by atoms with Gasteiger partial charge in [0.1, 0.15) is 5.75 Å². The maximum atomic E-state index is 5.12. The molecule has 2 rings (SSSR count). The first-order valence-corrected chi connectivity index (χ1v) is 7.20. The van der Waals surface area contributed by atoms with E-state index in [4.69, 9.17) is 4.74 Å². The van der Waals surface area contributed by atoms with E-state index >= 15 is 0 Å². The standard InChI is InChI=1S/C16H17BrN2O/c1-20-16-7-5-15(6-8-16)19-10-9-18-12-13-3-2-4-14(17)11-13/h2-8,11-12,19H,9-10H2,1H3. The zero-order valence-corrected chi connectivity index (χ0v) is 12.9. The van der Waals surface area contributed by atoms with Gasteiger partial charge in [-0.15, -0.1) is 0 Å². The Labute approximate surface area is 127 Å². The van der Waals surface area contributed by atoms with Crippen LogP contribution in [0, 0.1) is 0 Å². The van der Waals surface area contributed by atoms with Crippen LogP contribution in [-0.4, -0.2) is 26.4 Å². The second-order valence-electron chi connectivity index (χ2n) is 4.25. The molecule has 0 amide bonds. The van der Waals surface area contributed by atoms with Crippen molar-refractivity contribution in [2.75, 3.05) is 25.5 Å². The van der Waals surface area contributed by atoms with Crippen molar-refractivity contribution < 1.29 is 4.74 Å². The average Bonchev–Trinajstić information content (AvgIpc) is 2.48. The van der Waals surface area contributed by atoms with Crippen LogP contribution in [0.5, 0.6) is 5.75 Å². The Bertz CT molecular complexity index is 567. The van der Waals surface area contributed by atoms with E-state index in [2.05, 4.69) is 26.2 Å². The summed E-state index contributed by atoms with van der Waals surface area (Å²) < 4.78 is 6.18. The normalized spacial score (nSPS) is 10.7. The summed E-state index contributed by atoms with van der Waals surface area (Å²) in [4.78, 5) is 4.40. The Balaban J connectivity index is 1.75. The van der Waals surface area contributed by atoms with Crippen LogP contribution >= 0.6 is 15.9 Å². The van der Waals surface area contributed by atoms with E-state index in [0.29, 0.717) is 0 Å². The molecule has 0 saturated heterocycles. The van der Waals surface area contributed by atoms with Crippen LogP contribution in [0.4, 0.5) is 5.69 Å². The van der Waals surface area contributed by atoms with Crippen LogP contribution in [0.15, 0.2) is 58.0 Å². The minimum Gasteiger partial charge on any atom is -0.497 e. The summed E-state index contributed by atoms with van der Waals surface area (Å²) in [5.41, 5.74) is 2.17. The van der Waals surface area contributed by atoms with Crippen LogP contribution in [0.2, 0.25) is 0 Å². The fraction of sp³-hybridized carbons (Fsp3) is 0.188. The van der Waals surface area contributed by atoms with E-state index in [1.165, 1.54) is 0 Å². The molecule has 0 heterocycles. The number of anilines is 1. The van der Waals surface area contributed by atoms with Gasteiger partial charge in [0.25, 0.3) is 0 Å². The summed E-state index contributed by atoms with van der Waals surface area (Å²) in [5.74, 6) is 0.864. The Hall–Kier alpha value is -1.81. The molecule has 2 aromatic rings. The fourth-order valence-corrected chi connectivity index (χ4v) is 2.15. The Morgan fingerprint density at radius 3 is 2.70 bits per heavy atom. The number of hydrogen-bond acceptors (Lipinski definition) is 3. The lowest BCUT2D eigenvalue weighted by atomic mass is 10.2. The second kappa shape index (κ2) is 7.70. The third-order valence-electron chi connectivity index (χ3n) is 2.75.